The van der Waals surface area contributed by atoms with E-state index >= 15 is 0 Å². The molecule has 8 heteroatoms. The van der Waals surface area contributed by atoms with Crippen molar-refractivity contribution in [2.24, 2.45) is 0 Å². The van der Waals surface area contributed by atoms with Gasteiger partial charge in [-0.2, -0.15) is 5.10 Å². The molecule has 0 spiro atoms. The van der Waals surface area contributed by atoms with Gasteiger partial charge in [-0.3, -0.25) is 4.79 Å². The monoisotopic (exact) mass is 389 g/mol. The van der Waals surface area contributed by atoms with Crippen LogP contribution in [-0.2, 0) is 0 Å². The number of carbonyl (C=O) groups excluding carboxylic acids is 1. The molecule has 0 saturated heterocycles. The number of ether oxygens (including phenoxy) is 1. The van der Waals surface area contributed by atoms with Gasteiger partial charge in [-0.25, -0.2) is 9.07 Å². The third kappa shape index (κ3) is 4.27. The van der Waals surface area contributed by atoms with Gasteiger partial charge >= 0.3 is 0 Å². The fraction of sp³-hybridized carbons (Fsp3) is 0.0476. The standard InChI is InChI=1S/C21H16FN5O2/c1-14-3-4-15(13-18(14)22)21(28)24-16-5-7-17(8-6-16)29-20-10-9-19(25-26-20)27-12-2-11-23-27/h2-13H,1H3,(H,24,28). The fourth-order valence-electron chi connectivity index (χ4n) is 2.56. The van der Waals surface area contributed by atoms with Gasteiger partial charge in [0.25, 0.3) is 5.91 Å². The normalized spacial score (nSPS) is 10.6. The van der Waals surface area contributed by atoms with E-state index < -0.39 is 11.7 Å². The Kier molecular flexibility index (Phi) is 4.98. The van der Waals surface area contributed by atoms with E-state index in [0.717, 1.165) is 0 Å². The van der Waals surface area contributed by atoms with Gasteiger partial charge in [-0.05, 0) is 61.0 Å². The molecule has 0 aliphatic heterocycles. The summed E-state index contributed by atoms with van der Waals surface area (Å²) in [5.74, 6) is 0.630. The number of nitrogens with one attached hydrogen (secondary N) is 1. The number of carbonyl (C=O) groups is 1. The van der Waals surface area contributed by atoms with Crippen LogP contribution in [0.3, 0.4) is 0 Å². The highest BCUT2D eigenvalue weighted by Gasteiger charge is 2.09. The average molecular weight is 389 g/mol. The van der Waals surface area contributed by atoms with E-state index in [0.29, 0.717) is 28.7 Å². The van der Waals surface area contributed by atoms with Crippen LogP contribution in [0, 0.1) is 12.7 Å². The number of aromatic nitrogens is 4. The first-order chi connectivity index (χ1) is 14.1. The van der Waals surface area contributed by atoms with Crippen LogP contribution in [0.25, 0.3) is 5.82 Å². The number of anilines is 1. The van der Waals surface area contributed by atoms with Crippen molar-refractivity contribution in [1.29, 1.82) is 0 Å². The quantitative estimate of drug-likeness (QED) is 0.554. The molecule has 0 radical (unpaired) electrons. The second-order valence-corrected chi connectivity index (χ2v) is 6.22. The highest BCUT2D eigenvalue weighted by atomic mass is 19.1. The molecule has 4 rings (SSSR count). The van der Waals surface area contributed by atoms with Gasteiger partial charge in [0, 0.05) is 29.7 Å². The molecule has 0 saturated carbocycles. The first-order valence-corrected chi connectivity index (χ1v) is 8.78. The zero-order valence-electron chi connectivity index (χ0n) is 15.4. The maximum Gasteiger partial charge on any atom is 0.255 e. The van der Waals surface area contributed by atoms with Gasteiger partial charge in [0.15, 0.2) is 5.82 Å². The van der Waals surface area contributed by atoms with Crippen LogP contribution in [0.15, 0.2) is 73.1 Å². The van der Waals surface area contributed by atoms with E-state index in [1.807, 2.05) is 0 Å². The number of hydrogen-bond donors (Lipinski definition) is 1. The molecule has 29 heavy (non-hydrogen) atoms. The second-order valence-electron chi connectivity index (χ2n) is 6.22. The minimum absolute atomic E-state index is 0.251. The summed E-state index contributed by atoms with van der Waals surface area (Å²) in [6.07, 6.45) is 3.42. The molecule has 144 valence electrons. The smallest absolute Gasteiger partial charge is 0.255 e. The van der Waals surface area contributed by atoms with Gasteiger partial charge in [-0.15, -0.1) is 10.2 Å². The lowest BCUT2D eigenvalue weighted by molar-refractivity contribution is 0.102. The third-order valence-corrected chi connectivity index (χ3v) is 4.13. The molecule has 0 fully saturated rings. The molecule has 7 nitrogen and oxygen atoms in total. The highest BCUT2D eigenvalue weighted by Crippen LogP contribution is 2.22. The Labute approximate surface area is 165 Å². The van der Waals surface area contributed by atoms with Crippen LogP contribution < -0.4 is 10.1 Å². The van der Waals surface area contributed by atoms with Crippen LogP contribution in [0.5, 0.6) is 11.6 Å². The number of halogens is 1. The summed E-state index contributed by atoms with van der Waals surface area (Å²) < 4.78 is 20.9. The summed E-state index contributed by atoms with van der Waals surface area (Å²) in [7, 11) is 0. The SMILES string of the molecule is Cc1ccc(C(=O)Nc2ccc(Oc3ccc(-n4cccn4)nn3)cc2)cc1F. The van der Waals surface area contributed by atoms with E-state index in [9.17, 15) is 9.18 Å². The van der Waals surface area contributed by atoms with Crippen molar-refractivity contribution in [1.82, 2.24) is 20.0 Å². The molecule has 0 bridgehead atoms. The maximum absolute atomic E-state index is 13.6. The number of aryl methyl sites for hydroxylation is 1. The third-order valence-electron chi connectivity index (χ3n) is 4.13. The van der Waals surface area contributed by atoms with Crippen molar-refractivity contribution >= 4 is 11.6 Å². The molecule has 0 atom stereocenters. The first-order valence-electron chi connectivity index (χ1n) is 8.78. The van der Waals surface area contributed by atoms with Crippen LogP contribution in [-0.4, -0.2) is 25.9 Å². The van der Waals surface area contributed by atoms with E-state index in [4.69, 9.17) is 4.74 Å². The lowest BCUT2D eigenvalue weighted by Gasteiger charge is -2.08. The van der Waals surface area contributed by atoms with Gasteiger partial charge in [0.2, 0.25) is 5.88 Å². The van der Waals surface area contributed by atoms with E-state index in [-0.39, 0.29) is 5.56 Å². The van der Waals surface area contributed by atoms with Gasteiger partial charge < -0.3 is 10.1 Å². The number of rotatable bonds is 5. The summed E-state index contributed by atoms with van der Waals surface area (Å²) in [5, 5.41) is 14.9. The van der Waals surface area contributed by atoms with E-state index in [2.05, 4.69) is 20.6 Å². The lowest BCUT2D eigenvalue weighted by atomic mass is 10.1. The lowest BCUT2D eigenvalue weighted by Crippen LogP contribution is -2.12. The van der Waals surface area contributed by atoms with E-state index in [1.165, 1.54) is 6.07 Å². The van der Waals surface area contributed by atoms with Crippen molar-refractivity contribution in [3.8, 4) is 17.4 Å². The second kappa shape index (κ2) is 7.89. The zero-order valence-corrected chi connectivity index (χ0v) is 15.4. The average Bonchev–Trinajstić information content (AvgIpc) is 3.27. The topological polar surface area (TPSA) is 81.9 Å². The zero-order chi connectivity index (χ0) is 20.2. The minimum Gasteiger partial charge on any atom is -0.438 e. The minimum atomic E-state index is -0.416. The molecule has 0 aliphatic carbocycles. The van der Waals surface area contributed by atoms with Crippen LogP contribution in [0.1, 0.15) is 15.9 Å². The Morgan fingerprint density at radius 1 is 1.07 bits per heavy atom. The largest absolute Gasteiger partial charge is 0.438 e. The van der Waals surface area contributed by atoms with Crippen molar-refractivity contribution in [3.05, 3.63) is 90.0 Å². The molecule has 2 aromatic carbocycles. The molecular weight excluding hydrogens is 373 g/mol. The van der Waals surface area contributed by atoms with Crippen LogP contribution >= 0.6 is 0 Å². The number of nitrogens with zero attached hydrogens (tertiary/aromatic N) is 4. The van der Waals surface area contributed by atoms with Gasteiger partial charge in [0.1, 0.15) is 11.6 Å². The van der Waals surface area contributed by atoms with Crippen molar-refractivity contribution < 1.29 is 13.9 Å². The molecule has 2 aromatic heterocycles. The molecule has 0 aliphatic rings. The van der Waals surface area contributed by atoms with Crippen molar-refractivity contribution in [2.75, 3.05) is 5.32 Å². The summed E-state index contributed by atoms with van der Waals surface area (Å²) in [6, 6.07) is 16.3. The Morgan fingerprint density at radius 2 is 1.90 bits per heavy atom. The summed E-state index contributed by atoms with van der Waals surface area (Å²) >= 11 is 0. The Bertz CT molecular complexity index is 1130. The van der Waals surface area contributed by atoms with Gasteiger partial charge in [-0.1, -0.05) is 6.07 Å². The van der Waals surface area contributed by atoms with Crippen LogP contribution in [0.4, 0.5) is 10.1 Å². The van der Waals surface area contributed by atoms with Crippen molar-refractivity contribution in [2.45, 2.75) is 6.92 Å². The predicted molar refractivity (Wildman–Crippen MR) is 105 cm³/mol. The first kappa shape index (κ1) is 18.3. The predicted octanol–water partition coefficient (Wildman–Crippen LogP) is 4.15. The Balaban J connectivity index is 1.40. The molecule has 4 aromatic rings. The maximum atomic E-state index is 13.6. The molecule has 0 unspecified atom stereocenters. The Hall–Kier alpha value is -4.07. The summed E-state index contributed by atoms with van der Waals surface area (Å²) in [4.78, 5) is 12.2. The molecular formula is C21H16FN5O2. The number of benzene rings is 2. The van der Waals surface area contributed by atoms with Crippen LogP contribution in [0.2, 0.25) is 0 Å². The molecule has 2 heterocycles. The van der Waals surface area contributed by atoms with Crippen molar-refractivity contribution in [3.63, 3.8) is 0 Å². The molecule has 1 amide bonds. The van der Waals surface area contributed by atoms with E-state index in [1.54, 1.807) is 78.6 Å². The summed E-state index contributed by atoms with van der Waals surface area (Å²) in [6.45, 7) is 1.64. The number of amides is 1. The molecule has 1 N–H and O–H groups in total. The van der Waals surface area contributed by atoms with Gasteiger partial charge in [0.05, 0.1) is 0 Å². The highest BCUT2D eigenvalue weighted by molar-refractivity contribution is 6.04. The summed E-state index contributed by atoms with van der Waals surface area (Å²) in [5.41, 5.74) is 1.30. The fourth-order valence-corrected chi connectivity index (χ4v) is 2.56. The Morgan fingerprint density at radius 3 is 2.55 bits per heavy atom. The number of hydrogen-bond acceptors (Lipinski definition) is 5.